The minimum absolute atomic E-state index is 0.224. The van der Waals surface area contributed by atoms with E-state index in [2.05, 4.69) is 4.90 Å². The molecule has 154 valence electrons. The van der Waals surface area contributed by atoms with Gasteiger partial charge in [-0.3, -0.25) is 9.69 Å². The summed E-state index contributed by atoms with van der Waals surface area (Å²) in [4.78, 5) is 26.2. The second kappa shape index (κ2) is 11.7. The van der Waals surface area contributed by atoms with E-state index < -0.39 is 6.04 Å². The number of carbonyl (C=O) groups excluding carboxylic acids is 2. The largest absolute Gasteiger partial charge is 0.460 e. The van der Waals surface area contributed by atoms with Gasteiger partial charge in [0.1, 0.15) is 18.9 Å². The Kier molecular flexibility index (Phi) is 8.36. The van der Waals surface area contributed by atoms with Crippen LogP contribution in [0.3, 0.4) is 0 Å². The molecule has 0 saturated heterocycles. The molecule has 0 aliphatic rings. The second-order valence-corrected chi connectivity index (χ2v) is 7.23. The van der Waals surface area contributed by atoms with Crippen LogP contribution in [0.15, 0.2) is 91.0 Å². The van der Waals surface area contributed by atoms with Gasteiger partial charge in [-0.15, -0.1) is 0 Å². The molecule has 4 nitrogen and oxygen atoms in total. The summed E-state index contributed by atoms with van der Waals surface area (Å²) in [5.74, 6) is -0.299. The quantitative estimate of drug-likeness (QED) is 0.343. The van der Waals surface area contributed by atoms with Crippen LogP contribution >= 0.6 is 0 Å². The van der Waals surface area contributed by atoms with Crippen LogP contribution in [-0.4, -0.2) is 23.2 Å². The predicted molar refractivity (Wildman–Crippen MR) is 117 cm³/mol. The third-order valence-electron chi connectivity index (χ3n) is 4.95. The maximum Gasteiger partial charge on any atom is 0.323 e. The highest BCUT2D eigenvalue weighted by molar-refractivity contribution is 5.76. The molecule has 0 aromatic heterocycles. The molecule has 0 N–H and O–H groups in total. The number of carbonyl (C=O) groups is 2. The first-order valence-corrected chi connectivity index (χ1v) is 10.2. The molecule has 0 unspecified atom stereocenters. The van der Waals surface area contributed by atoms with Gasteiger partial charge in [0.15, 0.2) is 0 Å². The fourth-order valence-electron chi connectivity index (χ4n) is 3.41. The number of rotatable bonds is 11. The number of hydrogen-bond donors (Lipinski definition) is 0. The van der Waals surface area contributed by atoms with Crippen molar-refractivity contribution in [2.45, 2.75) is 38.6 Å². The topological polar surface area (TPSA) is 46.6 Å². The van der Waals surface area contributed by atoms with Gasteiger partial charge < -0.3 is 9.53 Å². The first-order chi connectivity index (χ1) is 14.8. The van der Waals surface area contributed by atoms with E-state index in [4.69, 9.17) is 4.74 Å². The lowest BCUT2D eigenvalue weighted by molar-refractivity contribution is -0.152. The average molecular weight is 402 g/mol. The molecular weight excluding hydrogens is 374 g/mol. The first-order valence-electron chi connectivity index (χ1n) is 10.2. The van der Waals surface area contributed by atoms with Gasteiger partial charge in [-0.25, -0.2) is 0 Å². The summed E-state index contributed by atoms with van der Waals surface area (Å²) >= 11 is 0. The van der Waals surface area contributed by atoms with Crippen molar-refractivity contribution >= 4 is 12.3 Å². The van der Waals surface area contributed by atoms with Crippen molar-refractivity contribution in [3.8, 4) is 0 Å². The van der Waals surface area contributed by atoms with E-state index in [1.54, 1.807) is 0 Å². The van der Waals surface area contributed by atoms with E-state index in [1.807, 2.05) is 91.0 Å². The molecule has 1 atom stereocenters. The van der Waals surface area contributed by atoms with Gasteiger partial charge in [0.25, 0.3) is 0 Å². The Morgan fingerprint density at radius 1 is 0.767 bits per heavy atom. The normalized spacial score (nSPS) is 11.8. The lowest BCUT2D eigenvalue weighted by Crippen LogP contribution is -2.41. The van der Waals surface area contributed by atoms with Crippen LogP contribution in [0, 0.1) is 0 Å². The summed E-state index contributed by atoms with van der Waals surface area (Å²) in [6.45, 7) is 1.42. The summed E-state index contributed by atoms with van der Waals surface area (Å²) in [6, 6.07) is 29.2. The van der Waals surface area contributed by atoms with Gasteiger partial charge in [-0.1, -0.05) is 91.0 Å². The Balaban J connectivity index is 1.79. The zero-order chi connectivity index (χ0) is 21.0. The Labute approximate surface area is 178 Å². The highest BCUT2D eigenvalue weighted by Crippen LogP contribution is 2.18. The number of hydrogen-bond acceptors (Lipinski definition) is 4. The van der Waals surface area contributed by atoms with Crippen molar-refractivity contribution in [1.82, 2.24) is 4.90 Å². The molecule has 3 rings (SSSR count). The lowest BCUT2D eigenvalue weighted by atomic mass is 10.1. The van der Waals surface area contributed by atoms with Gasteiger partial charge in [0, 0.05) is 19.5 Å². The van der Waals surface area contributed by atoms with Gasteiger partial charge >= 0.3 is 5.97 Å². The van der Waals surface area contributed by atoms with Gasteiger partial charge in [-0.05, 0) is 23.1 Å². The summed E-state index contributed by atoms with van der Waals surface area (Å²) in [7, 11) is 0. The molecule has 0 aliphatic heterocycles. The van der Waals surface area contributed by atoms with Gasteiger partial charge in [0.05, 0.1) is 0 Å². The molecule has 3 aromatic carbocycles. The first kappa shape index (κ1) is 21.5. The van der Waals surface area contributed by atoms with Crippen LogP contribution in [0.25, 0.3) is 0 Å². The van der Waals surface area contributed by atoms with Crippen molar-refractivity contribution in [1.29, 1.82) is 0 Å². The second-order valence-electron chi connectivity index (χ2n) is 7.23. The molecule has 0 heterocycles. The predicted octanol–water partition coefficient (Wildman–Crippen LogP) is 4.78. The maximum absolute atomic E-state index is 13.1. The molecule has 3 aromatic rings. The highest BCUT2D eigenvalue weighted by Gasteiger charge is 2.27. The van der Waals surface area contributed by atoms with E-state index in [9.17, 15) is 9.59 Å². The van der Waals surface area contributed by atoms with Crippen LogP contribution in [0.5, 0.6) is 0 Å². The van der Waals surface area contributed by atoms with Crippen molar-refractivity contribution in [3.63, 3.8) is 0 Å². The van der Waals surface area contributed by atoms with Crippen molar-refractivity contribution in [3.05, 3.63) is 108 Å². The number of benzene rings is 3. The third kappa shape index (κ3) is 6.68. The third-order valence-corrected chi connectivity index (χ3v) is 4.95. The highest BCUT2D eigenvalue weighted by atomic mass is 16.5. The summed E-state index contributed by atoms with van der Waals surface area (Å²) in [5.41, 5.74) is 3.17. The van der Waals surface area contributed by atoms with Crippen molar-refractivity contribution in [2.75, 3.05) is 0 Å². The molecule has 0 amide bonds. The zero-order valence-corrected chi connectivity index (χ0v) is 17.0. The molecule has 0 bridgehead atoms. The standard InChI is InChI=1S/C26H27NO3/c28-18-10-17-25(26(29)30-21-24-15-8-3-9-16-24)27(19-22-11-4-1-5-12-22)20-23-13-6-2-7-14-23/h1-9,11-16,18,25H,10,17,19-21H2/t25-/m0/s1. The lowest BCUT2D eigenvalue weighted by Gasteiger charge is -2.30. The number of esters is 1. The number of nitrogens with zero attached hydrogens (tertiary/aromatic N) is 1. The Morgan fingerprint density at radius 2 is 1.23 bits per heavy atom. The average Bonchev–Trinajstić information content (AvgIpc) is 2.80. The summed E-state index contributed by atoms with van der Waals surface area (Å²) in [5, 5.41) is 0. The van der Waals surface area contributed by atoms with E-state index in [-0.39, 0.29) is 12.6 Å². The number of ether oxygens (including phenoxy) is 1. The van der Waals surface area contributed by atoms with Gasteiger partial charge in [0.2, 0.25) is 0 Å². The Bertz CT molecular complexity index is 856. The van der Waals surface area contributed by atoms with E-state index in [0.29, 0.717) is 25.9 Å². The van der Waals surface area contributed by atoms with E-state index in [1.165, 1.54) is 0 Å². The Morgan fingerprint density at radius 3 is 1.70 bits per heavy atom. The summed E-state index contributed by atoms with van der Waals surface area (Å²) < 4.78 is 5.65. The zero-order valence-electron chi connectivity index (χ0n) is 17.0. The molecule has 0 radical (unpaired) electrons. The van der Waals surface area contributed by atoms with Crippen LogP contribution in [0.1, 0.15) is 29.5 Å². The molecular formula is C26H27NO3. The van der Waals surface area contributed by atoms with Crippen LogP contribution in [0.4, 0.5) is 0 Å². The fourth-order valence-corrected chi connectivity index (χ4v) is 3.41. The Hall–Kier alpha value is -3.24. The summed E-state index contributed by atoms with van der Waals surface area (Å²) in [6.07, 6.45) is 1.60. The van der Waals surface area contributed by atoms with Gasteiger partial charge in [-0.2, -0.15) is 0 Å². The van der Waals surface area contributed by atoms with E-state index in [0.717, 1.165) is 23.0 Å². The molecule has 0 fully saturated rings. The van der Waals surface area contributed by atoms with Crippen LogP contribution in [-0.2, 0) is 34.0 Å². The minimum Gasteiger partial charge on any atom is -0.460 e. The smallest absolute Gasteiger partial charge is 0.323 e. The van der Waals surface area contributed by atoms with Crippen molar-refractivity contribution < 1.29 is 14.3 Å². The van der Waals surface area contributed by atoms with Crippen molar-refractivity contribution in [2.24, 2.45) is 0 Å². The molecule has 0 saturated carbocycles. The SMILES string of the molecule is O=CCC[C@@H](C(=O)OCc1ccccc1)N(Cc1ccccc1)Cc1ccccc1. The van der Waals surface area contributed by atoms with Crippen LogP contribution in [0.2, 0.25) is 0 Å². The molecule has 0 aliphatic carbocycles. The molecule has 0 spiro atoms. The van der Waals surface area contributed by atoms with E-state index >= 15 is 0 Å². The maximum atomic E-state index is 13.1. The molecule has 4 heteroatoms. The fraction of sp³-hybridized carbons (Fsp3) is 0.231. The number of aldehydes is 1. The van der Waals surface area contributed by atoms with Crippen LogP contribution < -0.4 is 0 Å². The molecule has 30 heavy (non-hydrogen) atoms. The monoisotopic (exact) mass is 401 g/mol. The minimum atomic E-state index is -0.501.